The van der Waals surface area contributed by atoms with E-state index in [4.69, 9.17) is 9.47 Å². The molecule has 11 heteroatoms. The van der Waals surface area contributed by atoms with Gasteiger partial charge in [-0.15, -0.1) is 0 Å². The number of rotatable bonds is 14. The van der Waals surface area contributed by atoms with Crippen molar-refractivity contribution < 1.29 is 27.5 Å². The first-order valence-electron chi connectivity index (χ1n) is 13.1. The molecule has 2 amide bonds. The molecular formula is C30H36BrN3O6S. The molecule has 0 unspecified atom stereocenters. The van der Waals surface area contributed by atoms with E-state index >= 15 is 0 Å². The van der Waals surface area contributed by atoms with Crippen molar-refractivity contribution in [3.05, 3.63) is 88.4 Å². The number of nitrogens with zero attached hydrogens (tertiary/aromatic N) is 2. The third-order valence-corrected chi connectivity index (χ3v) is 8.02. The summed E-state index contributed by atoms with van der Waals surface area (Å²) in [6.07, 6.45) is 2.00. The summed E-state index contributed by atoms with van der Waals surface area (Å²) >= 11 is 3.47. The molecule has 0 aliphatic rings. The Balaban J connectivity index is 2.08. The van der Waals surface area contributed by atoms with Crippen LogP contribution in [0.2, 0.25) is 0 Å². The number of hydrogen-bond acceptors (Lipinski definition) is 6. The lowest BCUT2D eigenvalue weighted by Crippen LogP contribution is -2.53. The lowest BCUT2D eigenvalue weighted by Gasteiger charge is -2.33. The minimum absolute atomic E-state index is 0.0899. The van der Waals surface area contributed by atoms with Crippen molar-refractivity contribution in [3.8, 4) is 11.5 Å². The van der Waals surface area contributed by atoms with Crippen molar-refractivity contribution in [1.82, 2.24) is 10.2 Å². The molecule has 0 radical (unpaired) electrons. The normalized spacial score (nSPS) is 11.8. The highest BCUT2D eigenvalue weighted by Crippen LogP contribution is 2.34. The van der Waals surface area contributed by atoms with Crippen LogP contribution in [-0.4, -0.2) is 64.7 Å². The molecule has 0 fully saturated rings. The van der Waals surface area contributed by atoms with Gasteiger partial charge in [0.15, 0.2) is 0 Å². The van der Waals surface area contributed by atoms with Crippen LogP contribution in [0.5, 0.6) is 11.5 Å². The van der Waals surface area contributed by atoms with Crippen molar-refractivity contribution >= 4 is 43.5 Å². The van der Waals surface area contributed by atoms with Gasteiger partial charge in [-0.2, -0.15) is 0 Å². The van der Waals surface area contributed by atoms with Crippen LogP contribution in [-0.2, 0) is 32.6 Å². The maximum Gasteiger partial charge on any atom is 0.244 e. The SMILES string of the molecule is CCCNC(=O)[C@H](Cc1ccccc1)N(Cc1cccc(Br)c1)C(=O)CN(c1ccc(OC)cc1OC)S(C)(=O)=O. The Hall–Kier alpha value is -3.57. The molecule has 9 nitrogen and oxygen atoms in total. The summed E-state index contributed by atoms with van der Waals surface area (Å²) in [6, 6.07) is 20.6. The summed E-state index contributed by atoms with van der Waals surface area (Å²) < 4.78 is 38.6. The highest BCUT2D eigenvalue weighted by atomic mass is 79.9. The van der Waals surface area contributed by atoms with Gasteiger partial charge in [0.2, 0.25) is 21.8 Å². The van der Waals surface area contributed by atoms with E-state index in [9.17, 15) is 18.0 Å². The van der Waals surface area contributed by atoms with Gasteiger partial charge < -0.3 is 19.7 Å². The van der Waals surface area contributed by atoms with Gasteiger partial charge in [-0.05, 0) is 41.8 Å². The average molecular weight is 647 g/mol. The second-order valence-electron chi connectivity index (χ2n) is 9.46. The number of carbonyl (C=O) groups is 2. The fourth-order valence-corrected chi connectivity index (χ4v) is 5.64. The first-order chi connectivity index (χ1) is 19.6. The lowest BCUT2D eigenvalue weighted by atomic mass is 10.0. The quantitative estimate of drug-likeness (QED) is 0.279. The van der Waals surface area contributed by atoms with Crippen molar-refractivity contribution in [1.29, 1.82) is 0 Å². The molecule has 41 heavy (non-hydrogen) atoms. The van der Waals surface area contributed by atoms with Crippen LogP contribution in [0.25, 0.3) is 0 Å². The van der Waals surface area contributed by atoms with Crippen LogP contribution < -0.4 is 19.1 Å². The Bertz CT molecular complexity index is 1440. The van der Waals surface area contributed by atoms with E-state index in [2.05, 4.69) is 21.2 Å². The van der Waals surface area contributed by atoms with Gasteiger partial charge in [-0.1, -0.05) is 65.3 Å². The van der Waals surface area contributed by atoms with Crippen LogP contribution in [0.15, 0.2) is 77.3 Å². The zero-order valence-corrected chi connectivity index (χ0v) is 26.1. The topological polar surface area (TPSA) is 105 Å². The molecule has 1 atom stereocenters. The van der Waals surface area contributed by atoms with Crippen molar-refractivity contribution in [2.24, 2.45) is 0 Å². The van der Waals surface area contributed by atoms with Gasteiger partial charge >= 0.3 is 0 Å². The zero-order chi connectivity index (χ0) is 30.0. The van der Waals surface area contributed by atoms with E-state index in [1.54, 1.807) is 12.1 Å². The molecule has 0 aromatic heterocycles. The summed E-state index contributed by atoms with van der Waals surface area (Å²) in [5, 5.41) is 2.92. The Kier molecular flexibility index (Phi) is 11.6. The van der Waals surface area contributed by atoms with Crippen LogP contribution in [0.1, 0.15) is 24.5 Å². The van der Waals surface area contributed by atoms with Gasteiger partial charge in [0.25, 0.3) is 0 Å². The molecule has 3 rings (SSSR count). The first-order valence-corrected chi connectivity index (χ1v) is 15.8. The molecule has 0 saturated carbocycles. The highest BCUT2D eigenvalue weighted by molar-refractivity contribution is 9.10. The van der Waals surface area contributed by atoms with Crippen LogP contribution in [0.4, 0.5) is 5.69 Å². The van der Waals surface area contributed by atoms with Gasteiger partial charge in [-0.25, -0.2) is 8.42 Å². The van der Waals surface area contributed by atoms with Gasteiger partial charge in [0.1, 0.15) is 24.1 Å². The number of benzene rings is 3. The minimum Gasteiger partial charge on any atom is -0.497 e. The summed E-state index contributed by atoms with van der Waals surface area (Å²) in [5.74, 6) is -0.160. The van der Waals surface area contributed by atoms with E-state index in [-0.39, 0.29) is 30.3 Å². The molecule has 220 valence electrons. The van der Waals surface area contributed by atoms with Gasteiger partial charge in [-0.3, -0.25) is 13.9 Å². The third-order valence-electron chi connectivity index (χ3n) is 6.40. The molecule has 0 aliphatic carbocycles. The Morgan fingerprint density at radius 1 is 0.951 bits per heavy atom. The predicted octanol–water partition coefficient (Wildman–Crippen LogP) is 4.40. The number of methoxy groups -OCH3 is 2. The maximum absolute atomic E-state index is 14.2. The van der Waals surface area contributed by atoms with Crippen molar-refractivity contribution in [2.45, 2.75) is 32.4 Å². The number of carbonyl (C=O) groups excluding carboxylic acids is 2. The lowest BCUT2D eigenvalue weighted by molar-refractivity contribution is -0.140. The fraction of sp³-hybridized carbons (Fsp3) is 0.333. The predicted molar refractivity (Wildman–Crippen MR) is 164 cm³/mol. The van der Waals surface area contributed by atoms with E-state index in [1.165, 1.54) is 25.2 Å². The molecule has 1 N–H and O–H groups in total. The third kappa shape index (κ3) is 8.96. The summed E-state index contributed by atoms with van der Waals surface area (Å²) in [6.45, 7) is 1.94. The number of halogens is 1. The Morgan fingerprint density at radius 3 is 2.27 bits per heavy atom. The molecule has 3 aromatic rings. The molecule has 0 heterocycles. The van der Waals surface area contributed by atoms with Crippen LogP contribution in [0.3, 0.4) is 0 Å². The second kappa shape index (κ2) is 14.9. The number of ether oxygens (including phenoxy) is 2. The van der Waals surface area contributed by atoms with Crippen LogP contribution >= 0.6 is 15.9 Å². The van der Waals surface area contributed by atoms with Gasteiger partial charge in [0.05, 0.1) is 26.2 Å². The number of hydrogen-bond donors (Lipinski definition) is 1. The molecule has 3 aromatic carbocycles. The Morgan fingerprint density at radius 2 is 1.66 bits per heavy atom. The molecule has 0 aliphatic heterocycles. The molecule has 0 bridgehead atoms. The molecule has 0 spiro atoms. The van der Waals surface area contributed by atoms with E-state index in [0.29, 0.717) is 12.3 Å². The van der Waals surface area contributed by atoms with E-state index < -0.39 is 28.5 Å². The largest absolute Gasteiger partial charge is 0.497 e. The number of nitrogens with one attached hydrogen (secondary N) is 1. The van der Waals surface area contributed by atoms with Gasteiger partial charge in [0, 0.05) is 30.0 Å². The number of sulfonamides is 1. The van der Waals surface area contributed by atoms with E-state index in [0.717, 1.165) is 32.6 Å². The standard InChI is InChI=1S/C30H36BrN3O6S/c1-5-16-32-30(36)27(18-22-10-7-6-8-11-22)33(20-23-12-9-13-24(31)17-23)29(35)21-34(41(4,37)38)26-15-14-25(39-2)19-28(26)40-3/h6-15,17,19,27H,5,16,18,20-21H2,1-4H3,(H,32,36)/t27-/m0/s1. The number of anilines is 1. The Labute approximate surface area is 250 Å². The number of amides is 2. The minimum atomic E-state index is -3.94. The zero-order valence-electron chi connectivity index (χ0n) is 23.7. The second-order valence-corrected chi connectivity index (χ2v) is 12.3. The summed E-state index contributed by atoms with van der Waals surface area (Å²) in [7, 11) is -1.04. The van der Waals surface area contributed by atoms with E-state index in [1.807, 2.05) is 61.5 Å². The van der Waals surface area contributed by atoms with Crippen molar-refractivity contribution in [3.63, 3.8) is 0 Å². The van der Waals surface area contributed by atoms with Crippen LogP contribution in [0, 0.1) is 0 Å². The summed E-state index contributed by atoms with van der Waals surface area (Å²) in [5.41, 5.74) is 1.83. The highest BCUT2D eigenvalue weighted by Gasteiger charge is 2.33. The van der Waals surface area contributed by atoms with Crippen molar-refractivity contribution in [2.75, 3.05) is 37.9 Å². The smallest absolute Gasteiger partial charge is 0.244 e. The first kappa shape index (κ1) is 32.0. The average Bonchev–Trinajstić information content (AvgIpc) is 2.96. The monoisotopic (exact) mass is 645 g/mol. The summed E-state index contributed by atoms with van der Waals surface area (Å²) in [4.78, 5) is 29.2. The molecular weight excluding hydrogens is 610 g/mol. The molecule has 0 saturated heterocycles. The maximum atomic E-state index is 14.2. The fourth-order valence-electron chi connectivity index (χ4n) is 4.34.